The van der Waals surface area contributed by atoms with Crippen LogP contribution in [0.3, 0.4) is 0 Å². The molecule has 1 fully saturated rings. The number of amides is 1. The first-order valence-electron chi connectivity index (χ1n) is 11.2. The van der Waals surface area contributed by atoms with Crippen molar-refractivity contribution in [2.24, 2.45) is 0 Å². The normalized spacial score (nSPS) is 14.3. The highest BCUT2D eigenvalue weighted by molar-refractivity contribution is 7.71. The quantitative estimate of drug-likeness (QED) is 0.517. The summed E-state index contributed by atoms with van der Waals surface area (Å²) < 4.78 is 7.31. The van der Waals surface area contributed by atoms with Crippen LogP contribution in [0, 0.1) is 11.7 Å². The third-order valence-corrected chi connectivity index (χ3v) is 6.39. The van der Waals surface area contributed by atoms with Crippen LogP contribution in [0.1, 0.15) is 12.5 Å². The molecule has 0 aliphatic carbocycles. The summed E-state index contributed by atoms with van der Waals surface area (Å²) in [5, 5.41) is 10.1. The van der Waals surface area contributed by atoms with Crippen LogP contribution in [-0.4, -0.2) is 65.4 Å². The van der Waals surface area contributed by atoms with Crippen molar-refractivity contribution in [2.45, 2.75) is 20.4 Å². The molecule has 1 amide bonds. The van der Waals surface area contributed by atoms with Crippen molar-refractivity contribution in [3.05, 3.63) is 52.8 Å². The number of hydrogen-bond acceptors (Lipinski definition) is 6. The number of aromatic amines is 1. The van der Waals surface area contributed by atoms with Crippen molar-refractivity contribution >= 4 is 29.5 Å². The van der Waals surface area contributed by atoms with Gasteiger partial charge in [0.05, 0.1) is 7.11 Å². The standard InChI is InChI=1S/C24H30N6O2S/c1-4-28-11-13-29(14-12-28)19-7-10-21(17(2)15-19)25-22(31)16-30-23(26-27-24(30)33)18-5-8-20(32-3)9-6-18/h5-10,15H,4,11-14,16H2,1-3H3,(H,25,31)(H,27,33). The molecule has 1 aliphatic rings. The van der Waals surface area contributed by atoms with Crippen LogP contribution in [0.15, 0.2) is 42.5 Å². The molecule has 174 valence electrons. The number of carbonyl (C=O) groups is 1. The van der Waals surface area contributed by atoms with Crippen molar-refractivity contribution in [1.29, 1.82) is 0 Å². The number of methoxy groups -OCH3 is 1. The van der Waals surface area contributed by atoms with Gasteiger partial charge in [0.1, 0.15) is 12.3 Å². The topological polar surface area (TPSA) is 78.4 Å². The Morgan fingerprint density at radius 3 is 2.52 bits per heavy atom. The number of aryl methyl sites for hydroxylation is 1. The molecule has 0 bridgehead atoms. The van der Waals surface area contributed by atoms with Crippen LogP contribution < -0.4 is 15.0 Å². The predicted octanol–water partition coefficient (Wildman–Crippen LogP) is 3.71. The van der Waals surface area contributed by atoms with E-state index in [1.807, 2.05) is 37.3 Å². The van der Waals surface area contributed by atoms with Gasteiger partial charge in [-0.15, -0.1) is 0 Å². The number of rotatable bonds is 7. The van der Waals surface area contributed by atoms with Crippen LogP contribution in [0.4, 0.5) is 11.4 Å². The lowest BCUT2D eigenvalue weighted by atomic mass is 10.1. The lowest BCUT2D eigenvalue weighted by Gasteiger charge is -2.35. The highest BCUT2D eigenvalue weighted by Gasteiger charge is 2.17. The zero-order valence-electron chi connectivity index (χ0n) is 19.3. The van der Waals surface area contributed by atoms with E-state index in [-0.39, 0.29) is 12.5 Å². The van der Waals surface area contributed by atoms with Gasteiger partial charge in [-0.2, -0.15) is 5.10 Å². The number of H-pyrrole nitrogens is 1. The number of anilines is 2. The average Bonchev–Trinajstić information content (AvgIpc) is 3.20. The predicted molar refractivity (Wildman–Crippen MR) is 134 cm³/mol. The number of carbonyl (C=O) groups excluding carboxylic acids is 1. The Hall–Kier alpha value is -3.17. The fourth-order valence-electron chi connectivity index (χ4n) is 4.07. The molecule has 8 nitrogen and oxygen atoms in total. The monoisotopic (exact) mass is 466 g/mol. The molecule has 3 aromatic rings. The average molecular weight is 467 g/mol. The zero-order valence-corrected chi connectivity index (χ0v) is 20.1. The first-order chi connectivity index (χ1) is 16.0. The second-order valence-corrected chi connectivity index (χ2v) is 8.52. The van der Waals surface area contributed by atoms with Gasteiger partial charge in [-0.3, -0.25) is 14.5 Å². The summed E-state index contributed by atoms with van der Waals surface area (Å²) in [7, 11) is 1.62. The van der Waals surface area contributed by atoms with Crippen LogP contribution in [0.2, 0.25) is 0 Å². The number of aromatic nitrogens is 3. The molecule has 2 heterocycles. The molecular weight excluding hydrogens is 436 g/mol. The third kappa shape index (κ3) is 5.26. The van der Waals surface area contributed by atoms with Gasteiger partial charge in [0.15, 0.2) is 10.6 Å². The highest BCUT2D eigenvalue weighted by atomic mass is 32.1. The maximum atomic E-state index is 12.9. The van der Waals surface area contributed by atoms with Gasteiger partial charge >= 0.3 is 0 Å². The molecule has 1 aromatic heterocycles. The summed E-state index contributed by atoms with van der Waals surface area (Å²) in [5.41, 5.74) is 3.88. The van der Waals surface area contributed by atoms with Gasteiger partial charge in [0.2, 0.25) is 5.91 Å². The van der Waals surface area contributed by atoms with Gasteiger partial charge < -0.3 is 19.9 Å². The SMILES string of the molecule is CCN1CCN(c2ccc(NC(=O)Cn3c(-c4ccc(OC)cc4)n[nH]c3=S)c(C)c2)CC1. The van der Waals surface area contributed by atoms with Crippen molar-refractivity contribution in [3.63, 3.8) is 0 Å². The summed E-state index contributed by atoms with van der Waals surface area (Å²) in [4.78, 5) is 17.7. The van der Waals surface area contributed by atoms with Crippen LogP contribution in [-0.2, 0) is 11.3 Å². The van der Waals surface area contributed by atoms with E-state index in [0.717, 1.165) is 55.3 Å². The Labute approximate surface area is 199 Å². The minimum Gasteiger partial charge on any atom is -0.497 e. The molecule has 0 saturated carbocycles. The number of nitrogens with zero attached hydrogens (tertiary/aromatic N) is 4. The van der Waals surface area contributed by atoms with E-state index in [1.54, 1.807) is 11.7 Å². The zero-order chi connectivity index (χ0) is 23.4. The number of likely N-dealkylation sites (N-methyl/N-ethyl adjacent to an activating group) is 1. The third-order valence-electron chi connectivity index (χ3n) is 6.08. The number of ether oxygens (including phenoxy) is 1. The molecule has 1 aliphatic heterocycles. The molecule has 2 N–H and O–H groups in total. The number of piperazine rings is 1. The summed E-state index contributed by atoms with van der Waals surface area (Å²) in [6.45, 7) is 9.58. The van der Waals surface area contributed by atoms with Crippen LogP contribution in [0.25, 0.3) is 11.4 Å². The van der Waals surface area contributed by atoms with E-state index >= 15 is 0 Å². The van der Waals surface area contributed by atoms with E-state index in [2.05, 4.69) is 44.4 Å². The largest absolute Gasteiger partial charge is 0.497 e. The molecule has 0 spiro atoms. The lowest BCUT2D eigenvalue weighted by Crippen LogP contribution is -2.46. The first kappa shape index (κ1) is 23.0. The van der Waals surface area contributed by atoms with Gasteiger partial charge in [0, 0.05) is 43.1 Å². The number of benzene rings is 2. The summed E-state index contributed by atoms with van der Waals surface area (Å²) >= 11 is 5.37. The van der Waals surface area contributed by atoms with Crippen LogP contribution >= 0.6 is 12.2 Å². The molecule has 0 atom stereocenters. The second-order valence-electron chi connectivity index (χ2n) is 8.14. The highest BCUT2D eigenvalue weighted by Crippen LogP contribution is 2.25. The minimum absolute atomic E-state index is 0.0663. The summed E-state index contributed by atoms with van der Waals surface area (Å²) in [6.07, 6.45) is 0. The smallest absolute Gasteiger partial charge is 0.244 e. The van der Waals surface area contributed by atoms with Gasteiger partial charge in [-0.25, -0.2) is 0 Å². The Bertz CT molecular complexity index is 1160. The maximum Gasteiger partial charge on any atom is 0.244 e. The fourth-order valence-corrected chi connectivity index (χ4v) is 4.26. The fraction of sp³-hybridized carbons (Fsp3) is 0.375. The maximum absolute atomic E-state index is 12.9. The Kier molecular flexibility index (Phi) is 7.10. The van der Waals surface area contributed by atoms with E-state index < -0.39 is 0 Å². The van der Waals surface area contributed by atoms with Crippen molar-refractivity contribution in [3.8, 4) is 17.1 Å². The molecule has 0 radical (unpaired) electrons. The minimum atomic E-state index is -0.158. The Balaban J connectivity index is 1.44. The van der Waals surface area contributed by atoms with Gasteiger partial charge in [-0.05, 0) is 73.7 Å². The summed E-state index contributed by atoms with van der Waals surface area (Å²) in [5.74, 6) is 1.20. The van der Waals surface area contributed by atoms with Crippen molar-refractivity contribution < 1.29 is 9.53 Å². The molecule has 9 heteroatoms. The molecule has 4 rings (SSSR count). The van der Waals surface area contributed by atoms with Crippen LogP contribution in [0.5, 0.6) is 5.75 Å². The van der Waals surface area contributed by atoms with E-state index in [1.165, 1.54) is 5.69 Å². The van der Waals surface area contributed by atoms with Crippen molar-refractivity contribution in [1.82, 2.24) is 19.7 Å². The lowest BCUT2D eigenvalue weighted by molar-refractivity contribution is -0.116. The number of nitrogens with one attached hydrogen (secondary N) is 2. The van der Waals surface area contributed by atoms with Gasteiger partial charge in [0.25, 0.3) is 0 Å². The van der Waals surface area contributed by atoms with E-state index in [0.29, 0.717) is 10.6 Å². The molecular formula is C24H30N6O2S. The molecule has 1 saturated heterocycles. The van der Waals surface area contributed by atoms with Gasteiger partial charge in [-0.1, -0.05) is 6.92 Å². The van der Waals surface area contributed by atoms with E-state index in [4.69, 9.17) is 17.0 Å². The summed E-state index contributed by atoms with van der Waals surface area (Å²) in [6, 6.07) is 13.7. The molecule has 2 aromatic carbocycles. The Morgan fingerprint density at radius 1 is 1.15 bits per heavy atom. The van der Waals surface area contributed by atoms with E-state index in [9.17, 15) is 4.79 Å². The number of hydrogen-bond donors (Lipinski definition) is 2. The molecule has 0 unspecified atom stereocenters. The molecule has 33 heavy (non-hydrogen) atoms. The van der Waals surface area contributed by atoms with Crippen molar-refractivity contribution in [2.75, 3.05) is 50.1 Å². The Morgan fingerprint density at radius 2 is 1.88 bits per heavy atom. The first-order valence-corrected chi connectivity index (χ1v) is 11.6. The second kappa shape index (κ2) is 10.2.